The van der Waals surface area contributed by atoms with Crippen molar-refractivity contribution in [1.29, 1.82) is 0 Å². The van der Waals surface area contributed by atoms with Gasteiger partial charge < -0.3 is 0 Å². The van der Waals surface area contributed by atoms with E-state index >= 15 is 0 Å². The van der Waals surface area contributed by atoms with Gasteiger partial charge in [0.2, 0.25) is 6.20 Å². The molecule has 0 heterocycles. The van der Waals surface area contributed by atoms with Gasteiger partial charge in [0.05, 0.1) is 4.92 Å². The van der Waals surface area contributed by atoms with E-state index in [9.17, 15) is 10.1 Å². The minimum atomic E-state index is -0.379. The van der Waals surface area contributed by atoms with Gasteiger partial charge in [0.15, 0.2) is 0 Å². The Labute approximate surface area is 66.3 Å². The average molecular weight is 155 g/mol. The lowest BCUT2D eigenvalue weighted by Gasteiger charge is -2.37. The zero-order valence-corrected chi connectivity index (χ0v) is 6.75. The Morgan fingerprint density at radius 1 is 1.64 bits per heavy atom. The molecule has 1 saturated carbocycles. The van der Waals surface area contributed by atoms with Crippen molar-refractivity contribution in [3.8, 4) is 0 Å². The Balaban J connectivity index is 2.50. The van der Waals surface area contributed by atoms with Crippen molar-refractivity contribution >= 4 is 0 Å². The molecule has 62 valence electrons. The quantitative estimate of drug-likeness (QED) is 0.463. The van der Waals surface area contributed by atoms with Gasteiger partial charge in [0.25, 0.3) is 0 Å². The van der Waals surface area contributed by atoms with Crippen LogP contribution in [-0.4, -0.2) is 4.92 Å². The molecule has 0 aromatic heterocycles. The van der Waals surface area contributed by atoms with Crippen LogP contribution in [0.4, 0.5) is 0 Å². The van der Waals surface area contributed by atoms with Gasteiger partial charge in [-0.3, -0.25) is 10.1 Å². The fraction of sp³-hybridized carbons (Fsp3) is 0.750. The molecule has 3 heteroatoms. The van der Waals surface area contributed by atoms with Crippen LogP contribution in [0.2, 0.25) is 0 Å². The Hall–Kier alpha value is -0.860. The maximum Gasteiger partial charge on any atom is 0.231 e. The molecule has 0 aromatic rings. The van der Waals surface area contributed by atoms with Crippen molar-refractivity contribution in [3.63, 3.8) is 0 Å². The average Bonchev–Trinajstić information content (AvgIpc) is 1.86. The molecule has 0 atom stereocenters. The Morgan fingerprint density at radius 2 is 2.27 bits per heavy atom. The fourth-order valence-corrected chi connectivity index (χ4v) is 1.49. The van der Waals surface area contributed by atoms with Gasteiger partial charge in [0, 0.05) is 0 Å². The number of hydrogen-bond donors (Lipinski definition) is 0. The number of nitrogens with zero attached hydrogens (tertiary/aromatic N) is 1. The fourth-order valence-electron chi connectivity index (χ4n) is 1.49. The van der Waals surface area contributed by atoms with Crippen LogP contribution in [0.5, 0.6) is 0 Å². The van der Waals surface area contributed by atoms with Crippen LogP contribution in [-0.2, 0) is 0 Å². The summed E-state index contributed by atoms with van der Waals surface area (Å²) < 4.78 is 0. The Kier molecular flexibility index (Phi) is 2.27. The van der Waals surface area contributed by atoms with Crippen molar-refractivity contribution < 1.29 is 4.92 Å². The molecule has 1 aliphatic carbocycles. The molecule has 1 fully saturated rings. The van der Waals surface area contributed by atoms with Crippen LogP contribution in [0, 0.1) is 15.5 Å². The van der Waals surface area contributed by atoms with Crippen molar-refractivity contribution in [2.75, 3.05) is 0 Å². The number of hydrogen-bond acceptors (Lipinski definition) is 2. The first-order valence-electron chi connectivity index (χ1n) is 4.01. The summed E-state index contributed by atoms with van der Waals surface area (Å²) in [4.78, 5) is 9.64. The van der Waals surface area contributed by atoms with E-state index in [1.54, 1.807) is 6.08 Å². The second-order valence-corrected chi connectivity index (χ2v) is 3.17. The molecular weight excluding hydrogens is 142 g/mol. The highest BCUT2D eigenvalue weighted by molar-refractivity contribution is 5.01. The summed E-state index contributed by atoms with van der Waals surface area (Å²) in [6, 6.07) is 0. The molecular formula is C8H13NO2. The number of nitro groups is 1. The van der Waals surface area contributed by atoms with Crippen LogP contribution in [0.3, 0.4) is 0 Å². The lowest BCUT2D eigenvalue weighted by Crippen LogP contribution is -2.25. The smallest absolute Gasteiger partial charge is 0.231 e. The zero-order valence-electron chi connectivity index (χ0n) is 6.75. The van der Waals surface area contributed by atoms with Crippen LogP contribution in [0.15, 0.2) is 12.3 Å². The van der Waals surface area contributed by atoms with Crippen LogP contribution in [0.25, 0.3) is 0 Å². The lowest BCUT2D eigenvalue weighted by atomic mass is 9.67. The standard InChI is InChI=1S/C8H13NO2/c1-2-8(4-3-5-8)6-7-9(10)11/h6-7H,2-5H2,1H3/b7-6+. The third kappa shape index (κ3) is 1.79. The SMILES string of the molecule is CCC1(/C=C/[N+](=O)[O-])CCC1. The summed E-state index contributed by atoms with van der Waals surface area (Å²) in [6.07, 6.45) is 7.33. The molecule has 0 N–H and O–H groups in total. The molecule has 0 amide bonds. The number of allylic oxidation sites excluding steroid dienone is 1. The molecule has 0 aliphatic heterocycles. The molecule has 0 unspecified atom stereocenters. The highest BCUT2D eigenvalue weighted by atomic mass is 16.6. The summed E-state index contributed by atoms with van der Waals surface area (Å²) in [5, 5.41) is 10.0. The molecule has 0 aromatic carbocycles. The van der Waals surface area contributed by atoms with Crippen LogP contribution < -0.4 is 0 Å². The van der Waals surface area contributed by atoms with E-state index in [2.05, 4.69) is 6.92 Å². The monoisotopic (exact) mass is 155 g/mol. The summed E-state index contributed by atoms with van der Waals surface area (Å²) in [5.41, 5.74) is 0.174. The molecule has 0 radical (unpaired) electrons. The van der Waals surface area contributed by atoms with E-state index in [0.29, 0.717) is 0 Å². The lowest BCUT2D eigenvalue weighted by molar-refractivity contribution is -0.403. The predicted molar refractivity (Wildman–Crippen MR) is 42.7 cm³/mol. The molecule has 0 spiro atoms. The summed E-state index contributed by atoms with van der Waals surface area (Å²) in [5.74, 6) is 0. The largest absolute Gasteiger partial charge is 0.259 e. The summed E-state index contributed by atoms with van der Waals surface area (Å²) in [6.45, 7) is 2.09. The van der Waals surface area contributed by atoms with Crippen molar-refractivity contribution in [2.45, 2.75) is 32.6 Å². The molecule has 1 aliphatic rings. The highest BCUT2D eigenvalue weighted by Crippen LogP contribution is 2.44. The van der Waals surface area contributed by atoms with E-state index in [1.165, 1.54) is 6.42 Å². The Bertz CT molecular complexity index is 177. The van der Waals surface area contributed by atoms with Gasteiger partial charge in [-0.2, -0.15) is 0 Å². The molecule has 0 saturated heterocycles. The van der Waals surface area contributed by atoms with Gasteiger partial charge in [-0.1, -0.05) is 13.3 Å². The third-order valence-electron chi connectivity index (χ3n) is 2.60. The van der Waals surface area contributed by atoms with E-state index < -0.39 is 0 Å². The number of rotatable bonds is 3. The minimum absolute atomic E-state index is 0.174. The van der Waals surface area contributed by atoms with Crippen molar-refractivity contribution in [2.24, 2.45) is 5.41 Å². The van der Waals surface area contributed by atoms with E-state index in [1.807, 2.05) is 0 Å². The summed E-state index contributed by atoms with van der Waals surface area (Å²) >= 11 is 0. The van der Waals surface area contributed by atoms with Gasteiger partial charge in [0.1, 0.15) is 0 Å². The van der Waals surface area contributed by atoms with Crippen LogP contribution >= 0.6 is 0 Å². The van der Waals surface area contributed by atoms with Crippen LogP contribution in [0.1, 0.15) is 32.6 Å². The third-order valence-corrected chi connectivity index (χ3v) is 2.60. The van der Waals surface area contributed by atoms with E-state index in [0.717, 1.165) is 25.5 Å². The molecule has 11 heavy (non-hydrogen) atoms. The van der Waals surface area contributed by atoms with E-state index in [-0.39, 0.29) is 10.3 Å². The second kappa shape index (κ2) is 3.03. The second-order valence-electron chi connectivity index (χ2n) is 3.17. The summed E-state index contributed by atoms with van der Waals surface area (Å²) in [7, 11) is 0. The topological polar surface area (TPSA) is 43.1 Å². The first-order chi connectivity index (χ1) is 5.18. The van der Waals surface area contributed by atoms with Gasteiger partial charge >= 0.3 is 0 Å². The Morgan fingerprint density at radius 3 is 2.55 bits per heavy atom. The predicted octanol–water partition coefficient (Wildman–Crippen LogP) is 2.36. The first-order valence-corrected chi connectivity index (χ1v) is 4.01. The molecule has 0 bridgehead atoms. The minimum Gasteiger partial charge on any atom is -0.259 e. The van der Waals surface area contributed by atoms with Gasteiger partial charge in [-0.15, -0.1) is 0 Å². The maximum atomic E-state index is 10.0. The van der Waals surface area contributed by atoms with Gasteiger partial charge in [-0.25, -0.2) is 0 Å². The van der Waals surface area contributed by atoms with Crippen molar-refractivity contribution in [3.05, 3.63) is 22.4 Å². The zero-order chi connectivity index (χ0) is 8.32. The highest BCUT2D eigenvalue weighted by Gasteiger charge is 2.33. The van der Waals surface area contributed by atoms with E-state index in [4.69, 9.17) is 0 Å². The van der Waals surface area contributed by atoms with Crippen molar-refractivity contribution in [1.82, 2.24) is 0 Å². The molecule has 1 rings (SSSR count). The molecule has 3 nitrogen and oxygen atoms in total. The normalized spacial score (nSPS) is 21.5. The van der Waals surface area contributed by atoms with Gasteiger partial charge in [-0.05, 0) is 30.8 Å². The maximum absolute atomic E-state index is 10.0. The first kappa shape index (κ1) is 8.24.